The van der Waals surface area contributed by atoms with E-state index >= 15 is 0 Å². The Morgan fingerprint density at radius 2 is 1.96 bits per heavy atom. The van der Waals surface area contributed by atoms with Crippen LogP contribution in [0.1, 0.15) is 15.9 Å². The number of amides is 4. The Hall–Kier alpha value is -2.93. The molecule has 0 saturated carbocycles. The predicted octanol–water partition coefficient (Wildman–Crippen LogP) is 2.78. The fourth-order valence-corrected chi connectivity index (χ4v) is 2.63. The molecule has 0 radical (unpaired) electrons. The van der Waals surface area contributed by atoms with E-state index < -0.39 is 17.8 Å². The molecule has 2 N–H and O–H groups in total. The van der Waals surface area contributed by atoms with Crippen LogP contribution in [0.15, 0.2) is 42.5 Å². The molecule has 0 bridgehead atoms. The lowest BCUT2D eigenvalue weighted by atomic mass is 10.1. The normalized spacial score (nSPS) is 13.8. The highest BCUT2D eigenvalue weighted by Crippen LogP contribution is 2.23. The van der Waals surface area contributed by atoms with Gasteiger partial charge in [0.1, 0.15) is 0 Å². The van der Waals surface area contributed by atoms with Crippen LogP contribution < -0.4 is 10.6 Å². The molecule has 1 aliphatic heterocycles. The van der Waals surface area contributed by atoms with Crippen molar-refractivity contribution in [3.05, 3.63) is 64.4 Å². The molecule has 8 heteroatoms. The molecule has 4 amide bonds. The molecule has 25 heavy (non-hydrogen) atoms. The fraction of sp³-hybridized carbons (Fsp3) is 0.118. The minimum atomic E-state index is -0.732. The Morgan fingerprint density at radius 3 is 2.68 bits per heavy atom. The number of nitrogens with zero attached hydrogens (tertiary/aromatic N) is 1. The molecule has 0 unspecified atom stereocenters. The van der Waals surface area contributed by atoms with E-state index in [1.807, 2.05) is 0 Å². The average Bonchev–Trinajstić information content (AvgIpc) is 2.91. The number of carbonyl (C=O) groups is 3. The Morgan fingerprint density at radius 1 is 1.20 bits per heavy atom. The third kappa shape index (κ3) is 3.46. The summed E-state index contributed by atoms with van der Waals surface area (Å²) in [6, 6.07) is 10.2. The van der Waals surface area contributed by atoms with Crippen LogP contribution >= 0.6 is 11.6 Å². The van der Waals surface area contributed by atoms with Crippen molar-refractivity contribution in [3.8, 4) is 0 Å². The first-order valence-electron chi connectivity index (χ1n) is 7.39. The molecule has 0 spiro atoms. The first kappa shape index (κ1) is 16.9. The van der Waals surface area contributed by atoms with Crippen LogP contribution in [0, 0.1) is 5.82 Å². The Labute approximate surface area is 147 Å². The topological polar surface area (TPSA) is 78.5 Å². The SMILES string of the molecule is O=C(Nc1cccc(Cl)c1F)c1ccccc1CN1C(=O)CNC1=O. The number of nitrogens with one attached hydrogen (secondary N) is 2. The van der Waals surface area contributed by atoms with Gasteiger partial charge in [0.05, 0.1) is 23.8 Å². The largest absolute Gasteiger partial charge is 0.329 e. The number of urea groups is 1. The highest BCUT2D eigenvalue weighted by molar-refractivity contribution is 6.31. The highest BCUT2D eigenvalue weighted by Gasteiger charge is 2.29. The van der Waals surface area contributed by atoms with Crippen molar-refractivity contribution in [3.63, 3.8) is 0 Å². The second-order valence-corrected chi connectivity index (χ2v) is 5.76. The van der Waals surface area contributed by atoms with E-state index in [-0.39, 0.29) is 35.3 Å². The van der Waals surface area contributed by atoms with Crippen molar-refractivity contribution in [1.82, 2.24) is 10.2 Å². The van der Waals surface area contributed by atoms with E-state index in [0.717, 1.165) is 4.90 Å². The molecule has 3 rings (SSSR count). The van der Waals surface area contributed by atoms with Crippen molar-refractivity contribution >= 4 is 35.1 Å². The third-order valence-corrected chi connectivity index (χ3v) is 4.02. The van der Waals surface area contributed by atoms with Crippen LogP contribution in [0.25, 0.3) is 0 Å². The van der Waals surface area contributed by atoms with E-state index in [1.165, 1.54) is 24.3 Å². The second kappa shape index (κ2) is 6.90. The summed E-state index contributed by atoms with van der Waals surface area (Å²) in [5.74, 6) is -1.67. The van der Waals surface area contributed by atoms with Gasteiger partial charge in [-0.15, -0.1) is 0 Å². The number of benzene rings is 2. The van der Waals surface area contributed by atoms with Crippen LogP contribution in [0.2, 0.25) is 5.02 Å². The van der Waals surface area contributed by atoms with Crippen molar-refractivity contribution in [1.29, 1.82) is 0 Å². The highest BCUT2D eigenvalue weighted by atomic mass is 35.5. The lowest BCUT2D eigenvalue weighted by Crippen LogP contribution is -2.31. The molecule has 1 saturated heterocycles. The van der Waals surface area contributed by atoms with Gasteiger partial charge in [-0.25, -0.2) is 9.18 Å². The summed E-state index contributed by atoms with van der Waals surface area (Å²) in [6.07, 6.45) is 0. The minimum Gasteiger partial charge on any atom is -0.329 e. The maximum Gasteiger partial charge on any atom is 0.324 e. The van der Waals surface area contributed by atoms with Gasteiger partial charge in [-0.05, 0) is 23.8 Å². The number of hydrogen-bond acceptors (Lipinski definition) is 3. The summed E-state index contributed by atoms with van der Waals surface area (Å²) in [7, 11) is 0. The van der Waals surface area contributed by atoms with Crippen molar-refractivity contribution in [2.45, 2.75) is 6.54 Å². The summed E-state index contributed by atoms with van der Waals surface area (Å²) in [6.45, 7) is -0.118. The summed E-state index contributed by atoms with van der Waals surface area (Å²) in [5, 5.41) is 4.76. The van der Waals surface area contributed by atoms with E-state index in [1.54, 1.807) is 18.2 Å². The van der Waals surface area contributed by atoms with Crippen LogP contribution in [0.4, 0.5) is 14.9 Å². The van der Waals surface area contributed by atoms with Gasteiger partial charge >= 0.3 is 6.03 Å². The van der Waals surface area contributed by atoms with E-state index in [0.29, 0.717) is 5.56 Å². The Balaban J connectivity index is 1.85. The molecule has 128 valence electrons. The molecule has 0 aromatic heterocycles. The molecule has 1 fully saturated rings. The number of imide groups is 1. The summed E-state index contributed by atoms with van der Waals surface area (Å²) < 4.78 is 14.0. The number of anilines is 1. The van der Waals surface area contributed by atoms with Crippen molar-refractivity contribution in [2.75, 3.05) is 11.9 Å². The zero-order valence-electron chi connectivity index (χ0n) is 12.9. The monoisotopic (exact) mass is 361 g/mol. The van der Waals surface area contributed by atoms with E-state index in [2.05, 4.69) is 10.6 Å². The molecular weight excluding hydrogens is 349 g/mol. The summed E-state index contributed by atoms with van der Waals surface area (Å²) in [4.78, 5) is 36.9. The van der Waals surface area contributed by atoms with Crippen molar-refractivity contribution in [2.24, 2.45) is 0 Å². The molecule has 1 heterocycles. The average molecular weight is 362 g/mol. The fourth-order valence-electron chi connectivity index (χ4n) is 2.46. The number of halogens is 2. The van der Waals surface area contributed by atoms with Gasteiger partial charge in [0, 0.05) is 5.56 Å². The van der Waals surface area contributed by atoms with Gasteiger partial charge < -0.3 is 10.6 Å². The van der Waals surface area contributed by atoms with Gasteiger partial charge in [-0.3, -0.25) is 14.5 Å². The van der Waals surface area contributed by atoms with E-state index in [9.17, 15) is 18.8 Å². The first-order valence-corrected chi connectivity index (χ1v) is 7.76. The summed E-state index contributed by atoms with van der Waals surface area (Å²) >= 11 is 5.71. The smallest absolute Gasteiger partial charge is 0.324 e. The van der Waals surface area contributed by atoms with Crippen molar-refractivity contribution < 1.29 is 18.8 Å². The van der Waals surface area contributed by atoms with Gasteiger partial charge in [0.25, 0.3) is 5.91 Å². The number of rotatable bonds is 4. The third-order valence-electron chi connectivity index (χ3n) is 3.73. The lowest BCUT2D eigenvalue weighted by molar-refractivity contribution is -0.125. The zero-order chi connectivity index (χ0) is 18.0. The quantitative estimate of drug-likeness (QED) is 0.822. The molecule has 0 atom stereocenters. The lowest BCUT2D eigenvalue weighted by Gasteiger charge is -2.15. The molecule has 2 aromatic rings. The Bertz CT molecular complexity index is 856. The minimum absolute atomic E-state index is 0.0493. The standard InChI is InChI=1S/C17H13ClFN3O3/c18-12-6-3-7-13(15(12)19)21-16(24)11-5-2-1-4-10(11)9-22-14(23)8-20-17(22)25/h1-7H,8-9H2,(H,20,25)(H,21,24). The van der Waals surface area contributed by atoms with Gasteiger partial charge in [0.15, 0.2) is 5.82 Å². The number of hydrogen-bond donors (Lipinski definition) is 2. The van der Waals surface area contributed by atoms with Crippen LogP contribution in [-0.4, -0.2) is 29.3 Å². The van der Waals surface area contributed by atoms with Crippen LogP contribution in [0.5, 0.6) is 0 Å². The second-order valence-electron chi connectivity index (χ2n) is 5.35. The molecule has 0 aliphatic carbocycles. The predicted molar refractivity (Wildman–Crippen MR) is 89.8 cm³/mol. The molecule has 2 aromatic carbocycles. The van der Waals surface area contributed by atoms with Gasteiger partial charge in [0.2, 0.25) is 5.91 Å². The molecule has 1 aliphatic rings. The maximum atomic E-state index is 14.0. The zero-order valence-corrected chi connectivity index (χ0v) is 13.6. The Kier molecular flexibility index (Phi) is 4.67. The molecular formula is C17H13ClFN3O3. The van der Waals surface area contributed by atoms with E-state index in [4.69, 9.17) is 11.6 Å². The van der Waals surface area contributed by atoms with Crippen LogP contribution in [-0.2, 0) is 11.3 Å². The van der Waals surface area contributed by atoms with Crippen LogP contribution in [0.3, 0.4) is 0 Å². The maximum absolute atomic E-state index is 14.0. The number of carbonyl (C=O) groups excluding carboxylic acids is 3. The molecule has 6 nitrogen and oxygen atoms in total. The van der Waals surface area contributed by atoms with Gasteiger partial charge in [-0.2, -0.15) is 0 Å². The first-order chi connectivity index (χ1) is 12.0. The summed E-state index contributed by atoms with van der Waals surface area (Å²) in [5.41, 5.74) is 0.643. The van der Waals surface area contributed by atoms with Gasteiger partial charge in [-0.1, -0.05) is 35.9 Å².